The molecule has 0 aromatic heterocycles. The Balaban J connectivity index is 1.74. The summed E-state index contributed by atoms with van der Waals surface area (Å²) in [6.07, 6.45) is 1.77. The van der Waals surface area contributed by atoms with Crippen molar-refractivity contribution >= 4 is 37.4 Å². The van der Waals surface area contributed by atoms with Crippen LogP contribution >= 0.6 is 15.9 Å². The molecule has 0 bridgehead atoms. The lowest BCUT2D eigenvalue weighted by atomic mass is 10.1. The topological polar surface area (TPSA) is 66.5 Å². The Bertz CT molecular complexity index is 877. The van der Waals surface area contributed by atoms with Crippen LogP contribution in [0.2, 0.25) is 0 Å². The SMILES string of the molecule is O=C(CNc1ccccc1Br)c1cccc(S(=O)(=O)N2CCCC2)c1. The number of sulfonamides is 1. The molecule has 25 heavy (non-hydrogen) atoms. The normalized spacial score (nSPS) is 15.2. The molecule has 0 atom stereocenters. The number of hydrogen-bond donors (Lipinski definition) is 1. The Labute approximate surface area is 156 Å². The zero-order chi connectivity index (χ0) is 17.9. The summed E-state index contributed by atoms with van der Waals surface area (Å²) in [6, 6.07) is 13.8. The molecule has 1 aliphatic heterocycles. The number of rotatable bonds is 6. The highest BCUT2D eigenvalue weighted by Gasteiger charge is 2.27. The average molecular weight is 423 g/mol. The van der Waals surface area contributed by atoms with Gasteiger partial charge in [0.15, 0.2) is 5.78 Å². The van der Waals surface area contributed by atoms with Gasteiger partial charge in [0, 0.05) is 28.8 Å². The second-order valence-electron chi connectivity index (χ2n) is 5.90. The highest BCUT2D eigenvalue weighted by atomic mass is 79.9. The number of anilines is 1. The molecule has 132 valence electrons. The van der Waals surface area contributed by atoms with Gasteiger partial charge < -0.3 is 5.32 Å². The van der Waals surface area contributed by atoms with Crippen molar-refractivity contribution in [1.29, 1.82) is 0 Å². The third kappa shape index (κ3) is 4.11. The first-order valence-electron chi connectivity index (χ1n) is 8.10. The first-order chi connectivity index (χ1) is 12.0. The maximum atomic E-state index is 12.6. The van der Waals surface area contributed by atoms with Crippen molar-refractivity contribution in [2.45, 2.75) is 17.7 Å². The number of carbonyl (C=O) groups is 1. The second kappa shape index (κ2) is 7.68. The molecule has 1 fully saturated rings. The fraction of sp³-hybridized carbons (Fsp3) is 0.278. The highest BCUT2D eigenvalue weighted by Crippen LogP contribution is 2.23. The monoisotopic (exact) mass is 422 g/mol. The number of carbonyl (C=O) groups excluding carboxylic acids is 1. The van der Waals surface area contributed by atoms with E-state index >= 15 is 0 Å². The molecule has 5 nitrogen and oxygen atoms in total. The lowest BCUT2D eigenvalue weighted by Crippen LogP contribution is -2.28. The molecule has 0 aliphatic carbocycles. The highest BCUT2D eigenvalue weighted by molar-refractivity contribution is 9.10. The molecule has 1 aliphatic rings. The summed E-state index contributed by atoms with van der Waals surface area (Å²) in [6.45, 7) is 1.18. The van der Waals surface area contributed by atoms with Crippen LogP contribution in [-0.2, 0) is 10.0 Å². The van der Waals surface area contributed by atoms with Crippen LogP contribution in [0.1, 0.15) is 23.2 Å². The van der Waals surface area contributed by atoms with Crippen LogP contribution in [0.4, 0.5) is 5.69 Å². The molecule has 1 saturated heterocycles. The number of ketones is 1. The van der Waals surface area contributed by atoms with Gasteiger partial charge in [0.1, 0.15) is 0 Å². The van der Waals surface area contributed by atoms with Gasteiger partial charge in [0.05, 0.1) is 11.4 Å². The third-order valence-electron chi connectivity index (χ3n) is 4.17. The third-order valence-corrected chi connectivity index (χ3v) is 6.76. The van der Waals surface area contributed by atoms with Crippen LogP contribution in [0.15, 0.2) is 57.9 Å². The van der Waals surface area contributed by atoms with Crippen LogP contribution in [-0.4, -0.2) is 38.1 Å². The summed E-state index contributed by atoms with van der Waals surface area (Å²) in [5, 5.41) is 3.07. The maximum Gasteiger partial charge on any atom is 0.243 e. The zero-order valence-corrected chi connectivity index (χ0v) is 16.0. The maximum absolute atomic E-state index is 12.6. The van der Waals surface area contributed by atoms with Gasteiger partial charge in [-0.25, -0.2) is 8.42 Å². The van der Waals surface area contributed by atoms with Crippen LogP contribution in [0.5, 0.6) is 0 Å². The van der Waals surface area contributed by atoms with Gasteiger partial charge in [-0.05, 0) is 53.0 Å². The molecule has 3 rings (SSSR count). The lowest BCUT2D eigenvalue weighted by molar-refractivity contribution is 0.101. The van der Waals surface area contributed by atoms with E-state index in [-0.39, 0.29) is 17.2 Å². The van der Waals surface area contributed by atoms with Crippen LogP contribution in [0, 0.1) is 0 Å². The minimum atomic E-state index is -3.52. The number of nitrogens with zero attached hydrogens (tertiary/aromatic N) is 1. The van der Waals surface area contributed by atoms with Crippen molar-refractivity contribution in [3.63, 3.8) is 0 Å². The van der Waals surface area contributed by atoms with Gasteiger partial charge in [-0.15, -0.1) is 0 Å². The van der Waals surface area contributed by atoms with Crippen molar-refractivity contribution in [3.8, 4) is 0 Å². The Morgan fingerprint density at radius 1 is 1.08 bits per heavy atom. The van der Waals surface area contributed by atoms with E-state index in [1.807, 2.05) is 24.3 Å². The number of para-hydroxylation sites is 1. The molecule has 0 spiro atoms. The van der Waals surface area contributed by atoms with Crippen molar-refractivity contribution in [2.75, 3.05) is 25.0 Å². The molecule has 0 amide bonds. The fourth-order valence-electron chi connectivity index (χ4n) is 2.79. The smallest absolute Gasteiger partial charge is 0.243 e. The molecule has 7 heteroatoms. The number of hydrogen-bond acceptors (Lipinski definition) is 4. The standard InChI is InChI=1S/C18H19BrN2O3S/c19-16-8-1-2-9-17(16)20-13-18(22)14-6-5-7-15(12-14)25(23,24)21-10-3-4-11-21/h1-2,5-9,12,20H,3-4,10-11,13H2. The quantitative estimate of drug-likeness (QED) is 0.722. The summed E-state index contributed by atoms with van der Waals surface area (Å²) >= 11 is 3.42. The summed E-state index contributed by atoms with van der Waals surface area (Å²) in [7, 11) is -3.52. The molecule has 0 saturated carbocycles. The minimum Gasteiger partial charge on any atom is -0.377 e. The van der Waals surface area contributed by atoms with Crippen LogP contribution in [0.3, 0.4) is 0 Å². The van der Waals surface area contributed by atoms with E-state index in [1.165, 1.54) is 10.4 Å². The molecular weight excluding hydrogens is 404 g/mol. The molecule has 1 N–H and O–H groups in total. The van der Waals surface area contributed by atoms with E-state index in [9.17, 15) is 13.2 Å². The summed E-state index contributed by atoms with van der Waals surface area (Å²) in [4.78, 5) is 12.6. The first kappa shape index (κ1) is 18.1. The van der Waals surface area contributed by atoms with Gasteiger partial charge in [-0.3, -0.25) is 4.79 Å². The van der Waals surface area contributed by atoms with Crippen molar-refractivity contribution in [1.82, 2.24) is 4.31 Å². The molecule has 0 unspecified atom stereocenters. The van der Waals surface area contributed by atoms with E-state index < -0.39 is 10.0 Å². The van der Waals surface area contributed by atoms with Gasteiger partial charge >= 0.3 is 0 Å². The van der Waals surface area contributed by atoms with E-state index in [0.717, 1.165) is 23.0 Å². The number of halogens is 1. The zero-order valence-electron chi connectivity index (χ0n) is 13.6. The average Bonchev–Trinajstić information content (AvgIpc) is 3.16. The molecule has 1 heterocycles. The lowest BCUT2D eigenvalue weighted by Gasteiger charge is -2.16. The second-order valence-corrected chi connectivity index (χ2v) is 8.69. The predicted molar refractivity (Wildman–Crippen MR) is 101 cm³/mol. The van der Waals surface area contributed by atoms with Crippen molar-refractivity contribution in [3.05, 3.63) is 58.6 Å². The van der Waals surface area contributed by atoms with Crippen molar-refractivity contribution < 1.29 is 13.2 Å². The molecule has 2 aromatic rings. The van der Waals surface area contributed by atoms with Crippen LogP contribution < -0.4 is 5.32 Å². The van der Waals surface area contributed by atoms with E-state index in [1.54, 1.807) is 18.2 Å². The Morgan fingerprint density at radius 3 is 2.52 bits per heavy atom. The van der Waals surface area contributed by atoms with Crippen LogP contribution in [0.25, 0.3) is 0 Å². The van der Waals surface area contributed by atoms with Gasteiger partial charge in [-0.2, -0.15) is 4.31 Å². The minimum absolute atomic E-state index is 0.0931. The number of benzene rings is 2. The Hall–Kier alpha value is -1.70. The number of Topliss-reactive ketones (excluding diaryl/α,β-unsaturated/α-hetero) is 1. The largest absolute Gasteiger partial charge is 0.377 e. The van der Waals surface area contributed by atoms with E-state index in [0.29, 0.717) is 18.7 Å². The van der Waals surface area contributed by atoms with Gasteiger partial charge in [0.2, 0.25) is 10.0 Å². The summed E-state index contributed by atoms with van der Waals surface area (Å²) < 4.78 is 27.6. The summed E-state index contributed by atoms with van der Waals surface area (Å²) in [5.41, 5.74) is 1.21. The van der Waals surface area contributed by atoms with E-state index in [4.69, 9.17) is 0 Å². The van der Waals surface area contributed by atoms with E-state index in [2.05, 4.69) is 21.2 Å². The Kier molecular flexibility index (Phi) is 5.56. The fourth-order valence-corrected chi connectivity index (χ4v) is 4.78. The molecular formula is C18H19BrN2O3S. The predicted octanol–water partition coefficient (Wildman–Crippen LogP) is 3.53. The van der Waals surface area contributed by atoms with Gasteiger partial charge in [-0.1, -0.05) is 24.3 Å². The Morgan fingerprint density at radius 2 is 1.80 bits per heavy atom. The molecule has 0 radical (unpaired) electrons. The van der Waals surface area contributed by atoms with Gasteiger partial charge in [0.25, 0.3) is 0 Å². The van der Waals surface area contributed by atoms with Crippen molar-refractivity contribution in [2.24, 2.45) is 0 Å². The molecule has 2 aromatic carbocycles. The summed E-state index contributed by atoms with van der Waals surface area (Å²) in [5.74, 6) is -0.158. The number of nitrogens with one attached hydrogen (secondary N) is 1. The first-order valence-corrected chi connectivity index (χ1v) is 10.3.